The number of anilines is 1. The van der Waals surface area contributed by atoms with Gasteiger partial charge in [-0.2, -0.15) is 5.10 Å². The van der Waals surface area contributed by atoms with E-state index >= 15 is 0 Å². The molecule has 0 fully saturated rings. The largest absolute Gasteiger partial charge is 0.263 e. The Morgan fingerprint density at radius 3 is 1.96 bits per heavy atom. The van der Waals surface area contributed by atoms with Crippen LogP contribution in [0.1, 0.15) is 5.56 Å². The van der Waals surface area contributed by atoms with Gasteiger partial charge in [0.15, 0.2) is 0 Å². The van der Waals surface area contributed by atoms with Gasteiger partial charge in [0.25, 0.3) is 5.95 Å². The van der Waals surface area contributed by atoms with Crippen LogP contribution < -0.4 is 5.43 Å². The second-order valence-corrected chi connectivity index (χ2v) is 6.42. The summed E-state index contributed by atoms with van der Waals surface area (Å²) in [5, 5.41) is 13.5. The van der Waals surface area contributed by atoms with Crippen LogP contribution in [0.2, 0.25) is 5.02 Å². The average molecular weight is 386 g/mol. The van der Waals surface area contributed by atoms with Crippen LogP contribution in [0.4, 0.5) is 5.95 Å². The predicted octanol–water partition coefficient (Wildman–Crippen LogP) is 5.31. The Bertz CT molecular complexity index is 1080. The lowest BCUT2D eigenvalue weighted by molar-refractivity contribution is 0.973. The number of nitrogens with one attached hydrogen (secondary N) is 1. The number of hydrogen-bond acceptors (Lipinski definition) is 5. The Labute approximate surface area is 167 Å². The van der Waals surface area contributed by atoms with Crippen molar-refractivity contribution < 1.29 is 0 Å². The first-order valence-corrected chi connectivity index (χ1v) is 9.07. The number of hydrazone groups is 1. The van der Waals surface area contributed by atoms with E-state index in [-0.39, 0.29) is 0 Å². The van der Waals surface area contributed by atoms with Crippen LogP contribution in [0.25, 0.3) is 22.5 Å². The highest BCUT2D eigenvalue weighted by molar-refractivity contribution is 6.30. The zero-order valence-corrected chi connectivity index (χ0v) is 15.6. The minimum absolute atomic E-state index is 0.323. The second-order valence-electron chi connectivity index (χ2n) is 5.99. The zero-order valence-electron chi connectivity index (χ0n) is 14.8. The van der Waals surface area contributed by atoms with Gasteiger partial charge in [-0.15, -0.1) is 10.2 Å². The summed E-state index contributed by atoms with van der Waals surface area (Å²) in [5.41, 5.74) is 7.14. The SMILES string of the molecule is Clc1ccc(C=NNc2nnc(-c3ccccc3)c(-c3ccccc3)n2)cc1. The first-order valence-electron chi connectivity index (χ1n) is 8.70. The summed E-state index contributed by atoms with van der Waals surface area (Å²) in [6, 6.07) is 27.2. The lowest BCUT2D eigenvalue weighted by Crippen LogP contribution is -2.03. The topological polar surface area (TPSA) is 63.1 Å². The first kappa shape index (κ1) is 17.8. The van der Waals surface area contributed by atoms with Gasteiger partial charge in [-0.1, -0.05) is 84.4 Å². The molecule has 0 bridgehead atoms. The third-order valence-electron chi connectivity index (χ3n) is 4.03. The molecule has 28 heavy (non-hydrogen) atoms. The quantitative estimate of drug-likeness (QED) is 0.373. The highest BCUT2D eigenvalue weighted by Gasteiger charge is 2.13. The Morgan fingerprint density at radius 1 is 0.714 bits per heavy atom. The van der Waals surface area contributed by atoms with Crippen molar-refractivity contribution in [1.82, 2.24) is 15.2 Å². The van der Waals surface area contributed by atoms with Gasteiger partial charge in [-0.3, -0.25) is 0 Å². The normalized spacial score (nSPS) is 10.9. The summed E-state index contributed by atoms with van der Waals surface area (Å²) in [6.07, 6.45) is 1.67. The number of nitrogens with zero attached hydrogens (tertiary/aromatic N) is 4. The minimum atomic E-state index is 0.323. The van der Waals surface area contributed by atoms with Gasteiger partial charge < -0.3 is 0 Å². The molecule has 0 amide bonds. The summed E-state index contributed by atoms with van der Waals surface area (Å²) in [4.78, 5) is 4.65. The van der Waals surface area contributed by atoms with Crippen molar-refractivity contribution in [2.45, 2.75) is 0 Å². The van der Waals surface area contributed by atoms with Crippen LogP contribution in [0, 0.1) is 0 Å². The zero-order chi connectivity index (χ0) is 19.2. The third kappa shape index (κ3) is 4.22. The molecular weight excluding hydrogens is 370 g/mol. The molecule has 0 spiro atoms. The number of halogens is 1. The van der Waals surface area contributed by atoms with Crippen molar-refractivity contribution in [3.05, 3.63) is 95.5 Å². The molecule has 0 unspecified atom stereocenters. The van der Waals surface area contributed by atoms with Crippen molar-refractivity contribution in [2.24, 2.45) is 5.10 Å². The smallest absolute Gasteiger partial charge is 0.244 e. The molecule has 136 valence electrons. The lowest BCUT2D eigenvalue weighted by Gasteiger charge is -2.09. The second kappa shape index (κ2) is 8.41. The maximum Gasteiger partial charge on any atom is 0.263 e. The van der Waals surface area contributed by atoms with Gasteiger partial charge in [0.05, 0.1) is 6.21 Å². The third-order valence-corrected chi connectivity index (χ3v) is 4.28. The maximum absolute atomic E-state index is 5.89. The molecule has 0 radical (unpaired) electrons. The summed E-state index contributed by atoms with van der Waals surface area (Å²) in [6.45, 7) is 0. The summed E-state index contributed by atoms with van der Waals surface area (Å²) < 4.78 is 0. The summed E-state index contributed by atoms with van der Waals surface area (Å²) in [7, 11) is 0. The Balaban J connectivity index is 1.65. The molecule has 0 aliphatic heterocycles. The molecule has 0 atom stereocenters. The molecule has 1 aromatic heterocycles. The van der Waals surface area contributed by atoms with Crippen molar-refractivity contribution >= 4 is 23.8 Å². The van der Waals surface area contributed by atoms with E-state index in [9.17, 15) is 0 Å². The Morgan fingerprint density at radius 2 is 1.32 bits per heavy atom. The summed E-state index contributed by atoms with van der Waals surface area (Å²) in [5.74, 6) is 0.323. The number of rotatable bonds is 5. The standard InChI is InChI=1S/C22H16ClN5/c23-19-13-11-16(12-14-19)15-24-27-22-25-20(17-7-3-1-4-8-17)21(26-28-22)18-9-5-2-6-10-18/h1-15H,(H,25,27,28). The van der Waals surface area contributed by atoms with Gasteiger partial charge in [0.1, 0.15) is 11.4 Å². The minimum Gasteiger partial charge on any atom is -0.244 e. The van der Waals surface area contributed by atoms with Gasteiger partial charge in [-0.05, 0) is 17.7 Å². The predicted molar refractivity (Wildman–Crippen MR) is 113 cm³/mol. The number of aromatic nitrogens is 3. The molecule has 3 aromatic carbocycles. The fourth-order valence-corrected chi connectivity index (χ4v) is 2.80. The highest BCUT2D eigenvalue weighted by Crippen LogP contribution is 2.28. The van der Waals surface area contributed by atoms with E-state index in [0.29, 0.717) is 11.0 Å². The molecule has 4 aromatic rings. The summed E-state index contributed by atoms with van der Waals surface area (Å²) >= 11 is 5.89. The van der Waals surface area contributed by atoms with Crippen molar-refractivity contribution in [3.8, 4) is 22.5 Å². The first-order chi connectivity index (χ1) is 13.8. The van der Waals surface area contributed by atoms with Crippen LogP contribution in [-0.4, -0.2) is 21.4 Å². The highest BCUT2D eigenvalue weighted by atomic mass is 35.5. The Kier molecular flexibility index (Phi) is 5.36. The molecule has 1 heterocycles. The van der Waals surface area contributed by atoms with E-state index in [4.69, 9.17) is 11.6 Å². The molecule has 4 rings (SSSR count). The molecular formula is C22H16ClN5. The van der Waals surface area contributed by atoms with Crippen molar-refractivity contribution in [2.75, 3.05) is 5.43 Å². The fraction of sp³-hybridized carbons (Fsp3) is 0. The lowest BCUT2D eigenvalue weighted by atomic mass is 10.0. The van der Waals surface area contributed by atoms with Gasteiger partial charge in [0, 0.05) is 16.1 Å². The van der Waals surface area contributed by atoms with Crippen LogP contribution in [0.5, 0.6) is 0 Å². The van der Waals surface area contributed by atoms with E-state index in [1.807, 2.05) is 84.9 Å². The number of benzene rings is 3. The van der Waals surface area contributed by atoms with Crippen molar-refractivity contribution in [1.29, 1.82) is 0 Å². The molecule has 0 aliphatic rings. The van der Waals surface area contributed by atoms with Crippen LogP contribution in [0.3, 0.4) is 0 Å². The van der Waals surface area contributed by atoms with E-state index in [2.05, 4.69) is 25.7 Å². The van der Waals surface area contributed by atoms with E-state index < -0.39 is 0 Å². The molecule has 6 heteroatoms. The van der Waals surface area contributed by atoms with Crippen LogP contribution >= 0.6 is 11.6 Å². The Hall–Kier alpha value is -3.57. The van der Waals surface area contributed by atoms with Gasteiger partial charge >= 0.3 is 0 Å². The fourth-order valence-electron chi connectivity index (χ4n) is 2.67. The van der Waals surface area contributed by atoms with Crippen LogP contribution in [-0.2, 0) is 0 Å². The maximum atomic E-state index is 5.89. The molecule has 0 aliphatic carbocycles. The average Bonchev–Trinajstić information content (AvgIpc) is 2.76. The van der Waals surface area contributed by atoms with E-state index in [0.717, 1.165) is 28.1 Å². The number of hydrogen-bond donors (Lipinski definition) is 1. The molecule has 0 saturated carbocycles. The van der Waals surface area contributed by atoms with Gasteiger partial charge in [-0.25, -0.2) is 10.4 Å². The van der Waals surface area contributed by atoms with Crippen LogP contribution in [0.15, 0.2) is 90.0 Å². The van der Waals surface area contributed by atoms with Gasteiger partial charge in [0.2, 0.25) is 0 Å². The molecule has 5 nitrogen and oxygen atoms in total. The molecule has 0 saturated heterocycles. The van der Waals surface area contributed by atoms with Crippen molar-refractivity contribution in [3.63, 3.8) is 0 Å². The monoisotopic (exact) mass is 385 g/mol. The van der Waals surface area contributed by atoms with E-state index in [1.54, 1.807) is 6.21 Å². The van der Waals surface area contributed by atoms with E-state index in [1.165, 1.54) is 0 Å². The molecule has 1 N–H and O–H groups in total.